The molecule has 7 heteroatoms. The Morgan fingerprint density at radius 3 is 2.77 bits per heavy atom. The number of nitrogens with zero attached hydrogens (tertiary/aromatic N) is 2. The number of hydrogen-bond donors (Lipinski definition) is 1. The fraction of sp³-hybridized carbons (Fsp3) is 0.400. The molecule has 3 amide bonds. The van der Waals surface area contributed by atoms with Gasteiger partial charge < -0.3 is 15.4 Å². The molecule has 2 N–H and O–H groups in total. The Labute approximate surface area is 127 Å². The molecule has 1 aromatic carbocycles. The molecule has 22 heavy (non-hydrogen) atoms. The van der Waals surface area contributed by atoms with Gasteiger partial charge in [-0.1, -0.05) is 6.07 Å². The van der Waals surface area contributed by atoms with Crippen LogP contribution in [0.3, 0.4) is 0 Å². The summed E-state index contributed by atoms with van der Waals surface area (Å²) in [5.41, 5.74) is 6.73. The van der Waals surface area contributed by atoms with Crippen LogP contribution in [0.4, 0.5) is 10.5 Å². The van der Waals surface area contributed by atoms with Crippen LogP contribution in [0.1, 0.15) is 33.6 Å². The fourth-order valence-electron chi connectivity index (χ4n) is 3.12. The maximum absolute atomic E-state index is 12.6. The Kier molecular flexibility index (Phi) is 3.48. The topological polar surface area (TPSA) is 92.9 Å². The van der Waals surface area contributed by atoms with Crippen LogP contribution in [-0.2, 0) is 4.74 Å². The minimum atomic E-state index is -0.444. The fourth-order valence-corrected chi connectivity index (χ4v) is 3.12. The number of benzene rings is 1. The first-order valence-electron chi connectivity index (χ1n) is 7.14. The molecule has 2 heterocycles. The highest BCUT2D eigenvalue weighted by atomic mass is 16.5. The Hall–Kier alpha value is -2.57. The number of fused-ring (bicyclic) bond motifs is 1. The van der Waals surface area contributed by atoms with Crippen LogP contribution in [0.5, 0.6) is 0 Å². The normalized spacial score (nSPS) is 21.0. The standard InChI is InChI=1S/C15H17N3O4/c1-22-15(21)17-7-3-4-9(8-17)18-13(19)10-5-2-6-11(16)12(10)14(18)20/h2,5-6,9H,3-4,7-8,16H2,1H3. The number of anilines is 1. The van der Waals surface area contributed by atoms with E-state index < -0.39 is 6.09 Å². The van der Waals surface area contributed by atoms with E-state index in [0.29, 0.717) is 30.6 Å². The van der Waals surface area contributed by atoms with Crippen molar-refractivity contribution in [3.63, 3.8) is 0 Å². The second-order valence-electron chi connectivity index (χ2n) is 5.46. The molecule has 7 nitrogen and oxygen atoms in total. The van der Waals surface area contributed by atoms with Crippen LogP contribution in [0.2, 0.25) is 0 Å². The molecule has 0 saturated carbocycles. The van der Waals surface area contributed by atoms with Gasteiger partial charge in [-0.15, -0.1) is 0 Å². The van der Waals surface area contributed by atoms with E-state index in [1.807, 2.05) is 0 Å². The van der Waals surface area contributed by atoms with Crippen LogP contribution in [0, 0.1) is 0 Å². The van der Waals surface area contributed by atoms with E-state index in [0.717, 1.165) is 0 Å². The Morgan fingerprint density at radius 2 is 2.09 bits per heavy atom. The summed E-state index contributed by atoms with van der Waals surface area (Å²) in [6.45, 7) is 0.854. The van der Waals surface area contributed by atoms with Gasteiger partial charge in [0.2, 0.25) is 0 Å². The first-order chi connectivity index (χ1) is 10.5. The van der Waals surface area contributed by atoms with E-state index in [-0.39, 0.29) is 30.0 Å². The van der Waals surface area contributed by atoms with E-state index in [9.17, 15) is 14.4 Å². The van der Waals surface area contributed by atoms with Crippen molar-refractivity contribution in [2.45, 2.75) is 18.9 Å². The molecule has 0 bridgehead atoms. The Balaban J connectivity index is 1.87. The maximum atomic E-state index is 12.6. The van der Waals surface area contributed by atoms with Crippen LogP contribution in [0.25, 0.3) is 0 Å². The predicted octanol–water partition coefficient (Wildman–Crippen LogP) is 1.10. The van der Waals surface area contributed by atoms with Crippen molar-refractivity contribution >= 4 is 23.6 Å². The highest BCUT2D eigenvalue weighted by Crippen LogP contribution is 2.31. The van der Waals surface area contributed by atoms with Crippen molar-refractivity contribution in [2.24, 2.45) is 0 Å². The number of nitrogen functional groups attached to an aromatic ring is 1. The molecular formula is C15H17N3O4. The molecule has 2 aliphatic rings. The van der Waals surface area contributed by atoms with Crippen LogP contribution >= 0.6 is 0 Å². The molecule has 0 aromatic heterocycles. The zero-order valence-electron chi connectivity index (χ0n) is 12.2. The van der Waals surface area contributed by atoms with Gasteiger partial charge in [0, 0.05) is 18.8 Å². The summed E-state index contributed by atoms with van der Waals surface area (Å²) in [5, 5.41) is 0. The predicted molar refractivity (Wildman–Crippen MR) is 78.4 cm³/mol. The number of carbonyl (C=O) groups is 3. The van der Waals surface area contributed by atoms with E-state index in [1.165, 1.54) is 16.9 Å². The third-order valence-corrected chi connectivity index (χ3v) is 4.17. The van der Waals surface area contributed by atoms with Crippen molar-refractivity contribution in [2.75, 3.05) is 25.9 Å². The van der Waals surface area contributed by atoms with Crippen molar-refractivity contribution in [3.05, 3.63) is 29.3 Å². The van der Waals surface area contributed by atoms with Gasteiger partial charge in [0.25, 0.3) is 11.8 Å². The third-order valence-electron chi connectivity index (χ3n) is 4.17. The second-order valence-corrected chi connectivity index (χ2v) is 5.46. The zero-order chi connectivity index (χ0) is 15.9. The number of imide groups is 1. The average Bonchev–Trinajstić information content (AvgIpc) is 2.79. The monoisotopic (exact) mass is 303 g/mol. The lowest BCUT2D eigenvalue weighted by atomic mass is 10.0. The first kappa shape index (κ1) is 14.4. The molecular weight excluding hydrogens is 286 g/mol. The molecule has 116 valence electrons. The van der Waals surface area contributed by atoms with Crippen LogP contribution < -0.4 is 5.73 Å². The Bertz CT molecular complexity index is 658. The summed E-state index contributed by atoms with van der Waals surface area (Å²) in [6.07, 6.45) is 0.933. The number of methoxy groups -OCH3 is 1. The van der Waals surface area contributed by atoms with Crippen molar-refractivity contribution in [1.82, 2.24) is 9.80 Å². The number of piperidine rings is 1. The number of ether oxygens (including phenoxy) is 1. The smallest absolute Gasteiger partial charge is 0.409 e. The Morgan fingerprint density at radius 1 is 1.32 bits per heavy atom. The summed E-state index contributed by atoms with van der Waals surface area (Å²) < 4.78 is 4.71. The summed E-state index contributed by atoms with van der Waals surface area (Å²) in [5.74, 6) is -0.723. The molecule has 3 rings (SSSR count). The van der Waals surface area contributed by atoms with Gasteiger partial charge in [-0.05, 0) is 25.0 Å². The molecule has 1 aromatic rings. The van der Waals surface area contributed by atoms with Gasteiger partial charge in [-0.2, -0.15) is 0 Å². The lowest BCUT2D eigenvalue weighted by Crippen LogP contribution is -2.51. The first-order valence-corrected chi connectivity index (χ1v) is 7.14. The van der Waals surface area contributed by atoms with E-state index in [1.54, 1.807) is 18.2 Å². The number of carbonyl (C=O) groups excluding carboxylic acids is 3. The molecule has 0 radical (unpaired) electrons. The number of likely N-dealkylation sites (tertiary alicyclic amines) is 1. The summed E-state index contributed by atoms with van der Waals surface area (Å²) >= 11 is 0. The van der Waals surface area contributed by atoms with Crippen molar-refractivity contribution in [3.8, 4) is 0 Å². The average molecular weight is 303 g/mol. The molecule has 1 atom stereocenters. The van der Waals surface area contributed by atoms with Crippen LogP contribution in [-0.4, -0.2) is 53.9 Å². The molecule has 1 unspecified atom stereocenters. The minimum absolute atomic E-state index is 0.266. The van der Waals surface area contributed by atoms with Gasteiger partial charge in [0.05, 0.1) is 24.3 Å². The minimum Gasteiger partial charge on any atom is -0.453 e. The van der Waals surface area contributed by atoms with Gasteiger partial charge in [0.15, 0.2) is 0 Å². The molecule has 0 spiro atoms. The number of nitrogens with two attached hydrogens (primary N) is 1. The van der Waals surface area contributed by atoms with Gasteiger partial charge >= 0.3 is 6.09 Å². The number of amides is 3. The zero-order valence-corrected chi connectivity index (χ0v) is 12.2. The van der Waals surface area contributed by atoms with Crippen molar-refractivity contribution < 1.29 is 19.1 Å². The van der Waals surface area contributed by atoms with E-state index >= 15 is 0 Å². The van der Waals surface area contributed by atoms with Crippen LogP contribution in [0.15, 0.2) is 18.2 Å². The summed E-state index contributed by atoms with van der Waals surface area (Å²) in [7, 11) is 1.31. The largest absolute Gasteiger partial charge is 0.453 e. The maximum Gasteiger partial charge on any atom is 0.409 e. The quantitative estimate of drug-likeness (QED) is 0.619. The number of rotatable bonds is 1. The van der Waals surface area contributed by atoms with Crippen molar-refractivity contribution in [1.29, 1.82) is 0 Å². The van der Waals surface area contributed by atoms with E-state index in [2.05, 4.69) is 0 Å². The highest BCUT2D eigenvalue weighted by Gasteiger charge is 2.42. The van der Waals surface area contributed by atoms with Gasteiger partial charge in [0.1, 0.15) is 0 Å². The number of hydrogen-bond acceptors (Lipinski definition) is 5. The summed E-state index contributed by atoms with van der Waals surface area (Å²) in [6, 6.07) is 4.52. The van der Waals surface area contributed by atoms with Gasteiger partial charge in [-0.3, -0.25) is 14.5 Å². The molecule has 2 aliphatic heterocycles. The molecule has 1 saturated heterocycles. The third kappa shape index (κ3) is 2.09. The van der Waals surface area contributed by atoms with Gasteiger partial charge in [-0.25, -0.2) is 4.79 Å². The molecule has 1 fully saturated rings. The SMILES string of the molecule is COC(=O)N1CCCC(N2C(=O)c3cccc(N)c3C2=O)C1. The second kappa shape index (κ2) is 5.32. The summed E-state index contributed by atoms with van der Waals surface area (Å²) in [4.78, 5) is 39.5. The lowest BCUT2D eigenvalue weighted by molar-refractivity contribution is 0.0461. The highest BCUT2D eigenvalue weighted by molar-refractivity contribution is 6.23. The molecule has 0 aliphatic carbocycles. The van der Waals surface area contributed by atoms with E-state index in [4.69, 9.17) is 10.5 Å². The lowest BCUT2D eigenvalue weighted by Gasteiger charge is -2.35.